The summed E-state index contributed by atoms with van der Waals surface area (Å²) in [4.78, 5) is 9.04. The van der Waals surface area contributed by atoms with Gasteiger partial charge >= 0.3 is 0 Å². The van der Waals surface area contributed by atoms with Crippen LogP contribution in [0.4, 0.5) is 14.6 Å². The maximum Gasteiger partial charge on any atom is 0.131 e. The lowest BCUT2D eigenvalue weighted by atomic mass is 9.68. The number of hydrogen-bond donors (Lipinski definition) is 1. The van der Waals surface area contributed by atoms with Crippen molar-refractivity contribution in [3.63, 3.8) is 0 Å². The van der Waals surface area contributed by atoms with Crippen LogP contribution in [0, 0.1) is 31.0 Å². The quantitative estimate of drug-likeness (QED) is 0.418. The number of hydrogen-bond acceptors (Lipinski definition) is 5. The highest BCUT2D eigenvalue weighted by atomic mass is 19.1. The summed E-state index contributed by atoms with van der Waals surface area (Å²) < 4.78 is 29.3. The van der Waals surface area contributed by atoms with Crippen molar-refractivity contribution in [2.24, 2.45) is 0 Å². The van der Waals surface area contributed by atoms with Crippen molar-refractivity contribution in [3.8, 4) is 6.07 Å². The molecule has 1 N–H and O–H groups in total. The number of anilines is 1. The van der Waals surface area contributed by atoms with Crippen LogP contribution < -0.4 is 10.2 Å². The fourth-order valence-corrected chi connectivity index (χ4v) is 6.02. The summed E-state index contributed by atoms with van der Waals surface area (Å²) in [5, 5.41) is 13.3. The Morgan fingerprint density at radius 1 is 1.11 bits per heavy atom. The molecule has 1 saturated carbocycles. The first-order valence-electron chi connectivity index (χ1n) is 13.3. The van der Waals surface area contributed by atoms with E-state index in [1.165, 1.54) is 13.8 Å². The standard InChI is InChI=1S/C31H43F2N5/c1-10-36-30(11-13-31(14-12-30,37(7)8)24-15-22(2)16-26(32)18-24)21-38(9)27-23(3)17-25(19-35-27)29(6,20-34)28(4,5)33/h10,15-19,36H,1,11-14,21H2,2-9H3. The summed E-state index contributed by atoms with van der Waals surface area (Å²) in [5.74, 6) is 0.594. The van der Waals surface area contributed by atoms with E-state index in [1.54, 1.807) is 31.5 Å². The van der Waals surface area contributed by atoms with Crippen LogP contribution in [0.25, 0.3) is 0 Å². The molecule has 1 aromatic carbocycles. The molecular formula is C31H43F2N5. The molecule has 1 unspecified atom stereocenters. The van der Waals surface area contributed by atoms with Crippen LogP contribution in [0.3, 0.4) is 0 Å². The molecule has 2 aromatic rings. The topological polar surface area (TPSA) is 55.2 Å². The number of aromatic nitrogens is 1. The van der Waals surface area contributed by atoms with Gasteiger partial charge in [0.2, 0.25) is 0 Å². The van der Waals surface area contributed by atoms with Crippen molar-refractivity contribution in [2.75, 3.05) is 32.6 Å². The van der Waals surface area contributed by atoms with E-state index in [0.29, 0.717) is 12.1 Å². The zero-order valence-corrected chi connectivity index (χ0v) is 24.3. The first kappa shape index (κ1) is 29.6. The molecule has 0 bridgehead atoms. The Morgan fingerprint density at radius 2 is 1.74 bits per heavy atom. The van der Waals surface area contributed by atoms with Gasteiger partial charge in [-0.3, -0.25) is 4.90 Å². The molecule has 0 amide bonds. The predicted molar refractivity (Wildman–Crippen MR) is 151 cm³/mol. The van der Waals surface area contributed by atoms with Crippen LogP contribution in [0.2, 0.25) is 0 Å². The smallest absolute Gasteiger partial charge is 0.131 e. The van der Waals surface area contributed by atoms with Gasteiger partial charge in [-0.05, 0) is 121 Å². The van der Waals surface area contributed by atoms with Gasteiger partial charge in [-0.15, -0.1) is 0 Å². The van der Waals surface area contributed by atoms with Crippen molar-refractivity contribution in [1.29, 1.82) is 5.26 Å². The van der Waals surface area contributed by atoms with E-state index in [0.717, 1.165) is 48.2 Å². The van der Waals surface area contributed by atoms with Crippen LogP contribution in [0.15, 0.2) is 43.2 Å². The highest BCUT2D eigenvalue weighted by Crippen LogP contribution is 2.46. The Balaban J connectivity index is 1.88. The molecule has 0 spiro atoms. The normalized spacial score (nSPS) is 23.4. The molecule has 5 nitrogen and oxygen atoms in total. The van der Waals surface area contributed by atoms with Gasteiger partial charge in [0.1, 0.15) is 22.7 Å². The van der Waals surface area contributed by atoms with E-state index >= 15 is 0 Å². The van der Waals surface area contributed by atoms with E-state index in [2.05, 4.69) is 47.9 Å². The minimum absolute atomic E-state index is 0.198. The maximum atomic E-state index is 14.9. The molecule has 38 heavy (non-hydrogen) atoms. The van der Waals surface area contributed by atoms with Gasteiger partial charge < -0.3 is 10.2 Å². The monoisotopic (exact) mass is 523 g/mol. The van der Waals surface area contributed by atoms with E-state index < -0.39 is 11.1 Å². The zero-order chi connectivity index (χ0) is 28.5. The predicted octanol–water partition coefficient (Wildman–Crippen LogP) is 6.31. The molecule has 3 rings (SSSR count). The van der Waals surface area contributed by atoms with E-state index in [-0.39, 0.29) is 16.9 Å². The second kappa shape index (κ2) is 10.6. The molecule has 0 radical (unpaired) electrons. The average Bonchev–Trinajstić information content (AvgIpc) is 2.82. The first-order valence-corrected chi connectivity index (χ1v) is 13.3. The van der Waals surface area contributed by atoms with Crippen molar-refractivity contribution in [1.82, 2.24) is 15.2 Å². The fraction of sp³-hybridized carbons (Fsp3) is 0.548. The Labute approximate surface area is 227 Å². The average molecular weight is 524 g/mol. The number of likely N-dealkylation sites (N-methyl/N-ethyl adjacent to an activating group) is 1. The first-order chi connectivity index (χ1) is 17.6. The van der Waals surface area contributed by atoms with Crippen LogP contribution >= 0.6 is 0 Å². The third-order valence-electron chi connectivity index (χ3n) is 8.82. The lowest BCUT2D eigenvalue weighted by Crippen LogP contribution is -2.57. The fourth-order valence-electron chi connectivity index (χ4n) is 6.02. The number of halogens is 2. The number of alkyl halides is 1. The molecular weight excluding hydrogens is 480 g/mol. The van der Waals surface area contributed by atoms with Crippen molar-refractivity contribution >= 4 is 5.82 Å². The molecule has 0 saturated heterocycles. The van der Waals surface area contributed by atoms with Crippen molar-refractivity contribution in [3.05, 3.63) is 71.3 Å². The molecule has 1 aliphatic rings. The van der Waals surface area contributed by atoms with Crippen LogP contribution in [-0.4, -0.2) is 48.8 Å². The van der Waals surface area contributed by atoms with Crippen molar-refractivity contribution < 1.29 is 8.78 Å². The Morgan fingerprint density at radius 3 is 2.21 bits per heavy atom. The lowest BCUT2D eigenvalue weighted by molar-refractivity contribution is 0.0608. The number of aryl methyl sites for hydroxylation is 2. The van der Waals surface area contributed by atoms with Gasteiger partial charge in [-0.25, -0.2) is 13.8 Å². The number of benzene rings is 1. The summed E-state index contributed by atoms with van der Waals surface area (Å²) in [6, 6.07) is 9.39. The number of nitriles is 1. The maximum absolute atomic E-state index is 14.9. The largest absolute Gasteiger partial charge is 0.384 e. The second-order valence-corrected chi connectivity index (χ2v) is 12.0. The van der Waals surface area contributed by atoms with E-state index in [4.69, 9.17) is 4.98 Å². The van der Waals surface area contributed by atoms with Gasteiger partial charge in [0.25, 0.3) is 0 Å². The molecule has 206 valence electrons. The SMILES string of the molecule is C=CNC1(CN(C)c2ncc(C(C)(C#N)C(C)(C)F)cc2C)CCC(c2cc(C)cc(F)c2)(N(C)C)CC1. The van der Waals surface area contributed by atoms with Crippen LogP contribution in [0.1, 0.15) is 68.7 Å². The van der Waals surface area contributed by atoms with Gasteiger partial charge in [-0.2, -0.15) is 5.26 Å². The number of nitrogens with one attached hydrogen (secondary N) is 1. The van der Waals surface area contributed by atoms with E-state index in [9.17, 15) is 14.0 Å². The number of nitrogens with zero attached hydrogens (tertiary/aromatic N) is 4. The Hall–Kier alpha value is -2.98. The summed E-state index contributed by atoms with van der Waals surface area (Å²) >= 11 is 0. The molecule has 1 aromatic heterocycles. The van der Waals surface area contributed by atoms with E-state index in [1.807, 2.05) is 27.0 Å². The Bertz CT molecular complexity index is 1180. The Kier molecular flexibility index (Phi) is 8.29. The van der Waals surface area contributed by atoms with Gasteiger partial charge in [0, 0.05) is 25.3 Å². The molecule has 7 heteroatoms. The molecule has 1 heterocycles. The highest BCUT2D eigenvalue weighted by Gasteiger charge is 2.46. The van der Waals surface area contributed by atoms with Gasteiger partial charge in [-0.1, -0.05) is 12.6 Å². The summed E-state index contributed by atoms with van der Waals surface area (Å²) in [6.07, 6.45) is 6.81. The number of pyridine rings is 1. The van der Waals surface area contributed by atoms with Gasteiger partial charge in [0.05, 0.1) is 11.6 Å². The molecule has 1 atom stereocenters. The summed E-state index contributed by atoms with van der Waals surface area (Å²) in [5.41, 5.74) is -0.120. The van der Waals surface area contributed by atoms with Crippen LogP contribution in [-0.2, 0) is 11.0 Å². The third-order valence-corrected chi connectivity index (χ3v) is 8.82. The van der Waals surface area contributed by atoms with Crippen molar-refractivity contribution in [2.45, 2.75) is 82.5 Å². The minimum Gasteiger partial charge on any atom is -0.384 e. The summed E-state index contributed by atoms with van der Waals surface area (Å²) in [7, 11) is 6.15. The minimum atomic E-state index is -1.72. The molecule has 0 aliphatic heterocycles. The van der Waals surface area contributed by atoms with Crippen LogP contribution in [0.5, 0.6) is 0 Å². The van der Waals surface area contributed by atoms with Gasteiger partial charge in [0.15, 0.2) is 0 Å². The highest BCUT2D eigenvalue weighted by molar-refractivity contribution is 5.50. The third kappa shape index (κ3) is 5.42. The molecule has 1 fully saturated rings. The molecule has 1 aliphatic carbocycles. The number of rotatable bonds is 9. The second-order valence-electron chi connectivity index (χ2n) is 12.0. The lowest BCUT2D eigenvalue weighted by Gasteiger charge is -2.51. The zero-order valence-electron chi connectivity index (χ0n) is 24.3. The summed E-state index contributed by atoms with van der Waals surface area (Å²) in [6.45, 7) is 13.0.